The van der Waals surface area contributed by atoms with Gasteiger partial charge >= 0.3 is 0 Å². The van der Waals surface area contributed by atoms with Gasteiger partial charge in [0, 0.05) is 33.9 Å². The lowest BCUT2D eigenvalue weighted by atomic mass is 9.73. The van der Waals surface area contributed by atoms with Crippen LogP contribution in [0.3, 0.4) is 0 Å². The van der Waals surface area contributed by atoms with Gasteiger partial charge < -0.3 is 10.0 Å². The molecule has 49 heavy (non-hydrogen) atoms. The van der Waals surface area contributed by atoms with E-state index in [4.69, 9.17) is 9.97 Å². The Morgan fingerprint density at radius 2 is 1.33 bits per heavy atom. The van der Waals surface area contributed by atoms with Crippen molar-refractivity contribution in [2.75, 3.05) is 9.80 Å². The van der Waals surface area contributed by atoms with Gasteiger partial charge in [0.25, 0.3) is 0 Å². The van der Waals surface area contributed by atoms with Crippen LogP contribution in [0.15, 0.2) is 146 Å². The van der Waals surface area contributed by atoms with E-state index in [1.165, 1.54) is 16.7 Å². The molecule has 0 saturated heterocycles. The van der Waals surface area contributed by atoms with Crippen molar-refractivity contribution in [2.24, 2.45) is 0 Å². The second kappa shape index (κ2) is 11.9. The number of anilines is 6. The molecule has 2 aromatic heterocycles. The number of aromatic nitrogens is 2. The first kappa shape index (κ1) is 30.4. The molecule has 0 saturated carbocycles. The van der Waals surface area contributed by atoms with Gasteiger partial charge in [-0.1, -0.05) is 107 Å². The van der Waals surface area contributed by atoms with Crippen LogP contribution in [-0.2, 0) is 5.41 Å². The minimum absolute atomic E-state index is 0.136. The fourth-order valence-corrected chi connectivity index (χ4v) is 7.12. The lowest BCUT2D eigenvalue weighted by Gasteiger charge is -2.41. The van der Waals surface area contributed by atoms with Gasteiger partial charge in [-0.05, 0) is 83.3 Å². The van der Waals surface area contributed by atoms with Gasteiger partial charge in [-0.15, -0.1) is 0 Å². The molecule has 1 aliphatic rings. The van der Waals surface area contributed by atoms with Gasteiger partial charge in [0.15, 0.2) is 5.75 Å². The number of phenolic OH excluding ortho intramolecular Hbond substituents is 1. The van der Waals surface area contributed by atoms with Crippen LogP contribution in [0.4, 0.5) is 34.3 Å². The maximum atomic E-state index is 11.9. The minimum atomic E-state index is -0.223. The maximum absolute atomic E-state index is 11.9. The molecular formula is C44H38N4O. The zero-order chi connectivity index (χ0) is 33.7. The van der Waals surface area contributed by atoms with Crippen LogP contribution in [0, 0.1) is 0 Å². The topological polar surface area (TPSA) is 52.5 Å². The van der Waals surface area contributed by atoms with E-state index in [2.05, 4.69) is 92.1 Å². The molecule has 0 radical (unpaired) electrons. The molecule has 0 fully saturated rings. The highest BCUT2D eigenvalue weighted by atomic mass is 16.3. The molecule has 1 N–H and O–H groups in total. The summed E-state index contributed by atoms with van der Waals surface area (Å²) in [6.45, 7) is 9.00. The molecule has 5 aromatic carbocycles. The molecular weight excluding hydrogens is 601 g/mol. The Morgan fingerprint density at radius 1 is 0.673 bits per heavy atom. The fourth-order valence-electron chi connectivity index (χ4n) is 7.12. The summed E-state index contributed by atoms with van der Waals surface area (Å²) in [6.07, 6.45) is 1.91. The zero-order valence-electron chi connectivity index (χ0n) is 28.2. The van der Waals surface area contributed by atoms with Crippen molar-refractivity contribution in [3.05, 3.63) is 162 Å². The Morgan fingerprint density at radius 3 is 2.04 bits per heavy atom. The summed E-state index contributed by atoms with van der Waals surface area (Å²) >= 11 is 0. The van der Waals surface area contributed by atoms with Crippen LogP contribution < -0.4 is 9.80 Å². The SMILES string of the molecule is CC(C)c1ccnc(N2c3ccccc3C(C)(C)c3ccc(-c4ccc5ccc(N(c6ccccc6)c6ccccc6)c(O)c5n4)cc32)c1. The minimum Gasteiger partial charge on any atom is -0.504 e. The van der Waals surface area contributed by atoms with Crippen LogP contribution in [0.1, 0.15) is 50.3 Å². The molecule has 0 amide bonds. The normalized spacial score (nSPS) is 13.3. The van der Waals surface area contributed by atoms with Crippen molar-refractivity contribution in [1.82, 2.24) is 9.97 Å². The Balaban J connectivity index is 1.29. The monoisotopic (exact) mass is 638 g/mol. The van der Waals surface area contributed by atoms with Crippen molar-refractivity contribution < 1.29 is 5.11 Å². The van der Waals surface area contributed by atoms with E-state index in [0.717, 1.165) is 45.2 Å². The molecule has 0 spiro atoms. The average Bonchev–Trinajstić information content (AvgIpc) is 3.13. The first-order valence-corrected chi connectivity index (χ1v) is 16.8. The smallest absolute Gasteiger partial charge is 0.166 e. The van der Waals surface area contributed by atoms with Crippen LogP contribution >= 0.6 is 0 Å². The summed E-state index contributed by atoms with van der Waals surface area (Å²) in [5.41, 5.74) is 10.6. The lowest BCUT2D eigenvalue weighted by molar-refractivity contribution is 0.481. The molecule has 7 aromatic rings. The summed E-state index contributed by atoms with van der Waals surface area (Å²) in [6, 6.07) is 47.8. The van der Waals surface area contributed by atoms with Gasteiger partial charge in [0.2, 0.25) is 0 Å². The third-order valence-electron chi connectivity index (χ3n) is 9.78. The van der Waals surface area contributed by atoms with E-state index in [1.807, 2.05) is 91.1 Å². The van der Waals surface area contributed by atoms with E-state index < -0.39 is 0 Å². The summed E-state index contributed by atoms with van der Waals surface area (Å²) in [7, 11) is 0. The standard InChI is InChI=1S/C44H38N4O/c1-29(2)31-25-26-45-41(28-31)48-38-18-12-11-17-35(38)44(3,4)36-22-19-32(27-40(36)48)37-23-20-30-21-24-39(43(49)42(30)46-37)47(33-13-7-5-8-14-33)34-15-9-6-10-16-34/h5-29,49H,1-4H3. The third kappa shape index (κ3) is 5.19. The number of aromatic hydroxyl groups is 1. The Labute approximate surface area is 287 Å². The van der Waals surface area contributed by atoms with Gasteiger partial charge in [0.05, 0.1) is 22.8 Å². The number of phenols is 1. The molecule has 0 unspecified atom stereocenters. The van der Waals surface area contributed by atoms with Crippen molar-refractivity contribution in [1.29, 1.82) is 0 Å². The quantitative estimate of drug-likeness (QED) is 0.196. The molecule has 5 nitrogen and oxygen atoms in total. The number of hydrogen-bond donors (Lipinski definition) is 1. The molecule has 0 atom stereocenters. The van der Waals surface area contributed by atoms with E-state index in [1.54, 1.807) is 0 Å². The molecule has 1 aliphatic heterocycles. The molecule has 8 rings (SSSR count). The summed E-state index contributed by atoms with van der Waals surface area (Å²) in [5, 5.41) is 12.8. The van der Waals surface area contributed by atoms with E-state index in [-0.39, 0.29) is 11.2 Å². The predicted molar refractivity (Wildman–Crippen MR) is 202 cm³/mol. The van der Waals surface area contributed by atoms with Crippen molar-refractivity contribution in [3.8, 4) is 17.0 Å². The summed E-state index contributed by atoms with van der Waals surface area (Å²) in [4.78, 5) is 14.4. The van der Waals surface area contributed by atoms with E-state index >= 15 is 0 Å². The first-order valence-electron chi connectivity index (χ1n) is 16.8. The molecule has 240 valence electrons. The highest BCUT2D eigenvalue weighted by molar-refractivity contribution is 5.95. The maximum Gasteiger partial charge on any atom is 0.166 e. The summed E-state index contributed by atoms with van der Waals surface area (Å²) < 4.78 is 0. The van der Waals surface area contributed by atoms with Crippen LogP contribution in [0.2, 0.25) is 0 Å². The number of benzene rings is 5. The Kier molecular flexibility index (Phi) is 7.41. The molecule has 0 aliphatic carbocycles. The third-order valence-corrected chi connectivity index (χ3v) is 9.78. The fraction of sp³-hybridized carbons (Fsp3) is 0.136. The number of fused-ring (bicyclic) bond motifs is 3. The Hall–Kier alpha value is -5.94. The number of rotatable bonds is 6. The molecule has 3 heterocycles. The largest absolute Gasteiger partial charge is 0.504 e. The van der Waals surface area contributed by atoms with Gasteiger partial charge in [-0.2, -0.15) is 0 Å². The van der Waals surface area contributed by atoms with Crippen molar-refractivity contribution in [2.45, 2.75) is 39.0 Å². The number of nitrogens with zero attached hydrogens (tertiary/aromatic N) is 4. The highest BCUT2D eigenvalue weighted by Crippen LogP contribution is 2.52. The second-order valence-electron chi connectivity index (χ2n) is 13.5. The highest BCUT2D eigenvalue weighted by Gasteiger charge is 2.37. The van der Waals surface area contributed by atoms with Crippen LogP contribution in [0.5, 0.6) is 5.75 Å². The molecule has 5 heteroatoms. The second-order valence-corrected chi connectivity index (χ2v) is 13.5. The van der Waals surface area contributed by atoms with Crippen molar-refractivity contribution in [3.63, 3.8) is 0 Å². The van der Waals surface area contributed by atoms with Crippen LogP contribution in [-0.4, -0.2) is 15.1 Å². The average molecular weight is 639 g/mol. The van der Waals surface area contributed by atoms with Crippen molar-refractivity contribution >= 4 is 45.2 Å². The predicted octanol–water partition coefficient (Wildman–Crippen LogP) is 11.7. The summed E-state index contributed by atoms with van der Waals surface area (Å²) in [5.74, 6) is 1.41. The van der Waals surface area contributed by atoms with E-state index in [0.29, 0.717) is 17.1 Å². The van der Waals surface area contributed by atoms with Gasteiger partial charge in [0.1, 0.15) is 11.3 Å². The molecule has 0 bridgehead atoms. The number of hydrogen-bond acceptors (Lipinski definition) is 5. The van der Waals surface area contributed by atoms with Gasteiger partial charge in [-0.3, -0.25) is 4.90 Å². The Bertz CT molecular complexity index is 2280. The number of pyridine rings is 2. The van der Waals surface area contributed by atoms with Crippen LogP contribution in [0.25, 0.3) is 22.2 Å². The zero-order valence-corrected chi connectivity index (χ0v) is 28.2. The lowest BCUT2D eigenvalue weighted by Crippen LogP contribution is -2.31. The number of para-hydroxylation sites is 3. The first-order chi connectivity index (χ1) is 23.8. The van der Waals surface area contributed by atoms with E-state index in [9.17, 15) is 5.11 Å². The van der Waals surface area contributed by atoms with Gasteiger partial charge in [-0.25, -0.2) is 9.97 Å².